The van der Waals surface area contributed by atoms with Gasteiger partial charge in [-0.05, 0) is 34.7 Å². The molecule has 0 aliphatic carbocycles. The van der Waals surface area contributed by atoms with Gasteiger partial charge in [-0.15, -0.1) is 0 Å². The Morgan fingerprint density at radius 1 is 1.56 bits per heavy atom. The van der Waals surface area contributed by atoms with Gasteiger partial charge in [0.1, 0.15) is 5.69 Å². The molecule has 7 heteroatoms. The van der Waals surface area contributed by atoms with E-state index in [9.17, 15) is 4.79 Å². The maximum atomic E-state index is 10.7. The van der Waals surface area contributed by atoms with Gasteiger partial charge in [0.15, 0.2) is 12.5 Å². The Morgan fingerprint density at radius 3 is 3.00 bits per heavy atom. The standard InChI is InChI=1S/C11H10INO5/c1-16-5-17-11-7(12)3-2-6-8(4-9(14)15)13-18-10(6)11/h2-3H,4-5H2,1H3,(H,14,15). The van der Waals surface area contributed by atoms with Gasteiger partial charge in [-0.1, -0.05) is 5.16 Å². The molecule has 0 aliphatic heterocycles. The molecule has 0 bridgehead atoms. The van der Waals surface area contributed by atoms with Crippen LogP contribution in [0.25, 0.3) is 11.0 Å². The lowest BCUT2D eigenvalue weighted by molar-refractivity contribution is -0.136. The highest BCUT2D eigenvalue weighted by Crippen LogP contribution is 2.33. The lowest BCUT2D eigenvalue weighted by Gasteiger charge is -2.06. The largest absolute Gasteiger partial charge is 0.481 e. The Kier molecular flexibility index (Phi) is 4.02. The van der Waals surface area contributed by atoms with E-state index in [1.807, 2.05) is 6.07 Å². The van der Waals surface area contributed by atoms with E-state index < -0.39 is 5.97 Å². The Hall–Kier alpha value is -1.35. The summed E-state index contributed by atoms with van der Waals surface area (Å²) < 4.78 is 16.2. The van der Waals surface area contributed by atoms with Crippen LogP contribution < -0.4 is 4.74 Å². The van der Waals surface area contributed by atoms with Crippen LogP contribution in [-0.4, -0.2) is 30.1 Å². The van der Waals surface area contributed by atoms with Crippen LogP contribution in [0.2, 0.25) is 0 Å². The molecule has 0 amide bonds. The maximum Gasteiger partial charge on any atom is 0.309 e. The summed E-state index contributed by atoms with van der Waals surface area (Å²) in [6.07, 6.45) is -0.183. The number of aromatic nitrogens is 1. The Balaban J connectivity index is 2.47. The first kappa shape index (κ1) is 13.1. The van der Waals surface area contributed by atoms with E-state index >= 15 is 0 Å². The third-order valence-electron chi connectivity index (χ3n) is 2.26. The molecule has 0 atom stereocenters. The van der Waals surface area contributed by atoms with Crippen LogP contribution in [0, 0.1) is 3.57 Å². The van der Waals surface area contributed by atoms with Crippen molar-refractivity contribution >= 4 is 39.5 Å². The monoisotopic (exact) mass is 363 g/mol. The normalized spacial score (nSPS) is 10.8. The molecule has 2 rings (SSSR count). The molecule has 1 N–H and O–H groups in total. The van der Waals surface area contributed by atoms with Crippen molar-refractivity contribution in [3.63, 3.8) is 0 Å². The molecule has 96 valence electrons. The number of carbonyl (C=O) groups is 1. The summed E-state index contributed by atoms with van der Waals surface area (Å²) in [6, 6.07) is 3.59. The predicted molar refractivity (Wildman–Crippen MR) is 70.6 cm³/mol. The van der Waals surface area contributed by atoms with Crippen molar-refractivity contribution in [3.8, 4) is 5.75 Å². The number of rotatable bonds is 5. The lowest BCUT2D eigenvalue weighted by atomic mass is 10.1. The number of nitrogens with zero attached hydrogens (tertiary/aromatic N) is 1. The van der Waals surface area contributed by atoms with Gasteiger partial charge in [0.25, 0.3) is 0 Å². The second-order valence-corrected chi connectivity index (χ2v) is 4.67. The van der Waals surface area contributed by atoms with Crippen molar-refractivity contribution in [1.82, 2.24) is 5.16 Å². The summed E-state index contributed by atoms with van der Waals surface area (Å²) in [5.41, 5.74) is 0.825. The van der Waals surface area contributed by atoms with Gasteiger partial charge in [0.05, 0.1) is 9.99 Å². The Bertz CT molecular complexity index is 580. The lowest BCUT2D eigenvalue weighted by Crippen LogP contribution is -2.01. The number of benzene rings is 1. The third kappa shape index (κ3) is 2.56. The first-order valence-corrected chi connectivity index (χ1v) is 6.11. The number of ether oxygens (including phenoxy) is 2. The molecule has 18 heavy (non-hydrogen) atoms. The molecule has 6 nitrogen and oxygen atoms in total. The summed E-state index contributed by atoms with van der Waals surface area (Å²) in [7, 11) is 1.52. The predicted octanol–water partition coefficient (Wildman–Crippen LogP) is 2.04. The van der Waals surface area contributed by atoms with Crippen molar-refractivity contribution in [1.29, 1.82) is 0 Å². The highest BCUT2D eigenvalue weighted by molar-refractivity contribution is 14.1. The average molecular weight is 363 g/mol. The van der Waals surface area contributed by atoms with Crippen LogP contribution in [0.15, 0.2) is 16.7 Å². The van der Waals surface area contributed by atoms with Crippen LogP contribution in [-0.2, 0) is 16.0 Å². The zero-order chi connectivity index (χ0) is 13.1. The molecule has 0 saturated carbocycles. The highest BCUT2D eigenvalue weighted by Gasteiger charge is 2.17. The van der Waals surface area contributed by atoms with Crippen LogP contribution in [0.4, 0.5) is 0 Å². The van der Waals surface area contributed by atoms with E-state index in [1.165, 1.54) is 7.11 Å². The van der Waals surface area contributed by atoms with Crippen molar-refractivity contribution < 1.29 is 23.9 Å². The second-order valence-electron chi connectivity index (χ2n) is 3.50. The van der Waals surface area contributed by atoms with Gasteiger partial charge in [-0.2, -0.15) is 0 Å². The molecule has 0 aliphatic rings. The van der Waals surface area contributed by atoms with Crippen molar-refractivity contribution in [2.45, 2.75) is 6.42 Å². The summed E-state index contributed by atoms with van der Waals surface area (Å²) in [6.45, 7) is 0.0874. The SMILES string of the molecule is COCOc1c(I)ccc2c(CC(=O)O)noc12. The van der Waals surface area contributed by atoms with Gasteiger partial charge in [0.2, 0.25) is 5.58 Å². The van der Waals surface area contributed by atoms with E-state index in [0.29, 0.717) is 22.4 Å². The first-order chi connectivity index (χ1) is 8.63. The number of hydrogen-bond acceptors (Lipinski definition) is 5. The highest BCUT2D eigenvalue weighted by atomic mass is 127. The fraction of sp³-hybridized carbons (Fsp3) is 0.273. The summed E-state index contributed by atoms with van der Waals surface area (Å²) in [5.74, 6) is -0.442. The topological polar surface area (TPSA) is 81.8 Å². The summed E-state index contributed by atoms with van der Waals surface area (Å²) in [4.78, 5) is 10.7. The van der Waals surface area contributed by atoms with Crippen molar-refractivity contribution in [2.75, 3.05) is 13.9 Å². The molecule has 0 saturated heterocycles. The van der Waals surface area contributed by atoms with E-state index in [4.69, 9.17) is 19.1 Å². The van der Waals surface area contributed by atoms with Gasteiger partial charge >= 0.3 is 5.97 Å². The third-order valence-corrected chi connectivity index (χ3v) is 3.11. The molecule has 0 spiro atoms. The van der Waals surface area contributed by atoms with Crippen molar-refractivity contribution in [2.24, 2.45) is 0 Å². The first-order valence-electron chi connectivity index (χ1n) is 5.03. The van der Waals surface area contributed by atoms with E-state index in [1.54, 1.807) is 6.07 Å². The Labute approximate surface area is 116 Å². The van der Waals surface area contributed by atoms with E-state index in [-0.39, 0.29) is 13.2 Å². The van der Waals surface area contributed by atoms with Gasteiger partial charge in [-0.25, -0.2) is 0 Å². The number of fused-ring (bicyclic) bond motifs is 1. The number of carboxylic acids is 1. The molecule has 1 heterocycles. The molecule has 0 fully saturated rings. The van der Waals surface area contributed by atoms with Gasteiger partial charge < -0.3 is 19.1 Å². The number of halogens is 1. The number of hydrogen-bond donors (Lipinski definition) is 1. The average Bonchev–Trinajstić information content (AvgIpc) is 2.70. The molecule has 1 aromatic heterocycles. The van der Waals surface area contributed by atoms with Crippen LogP contribution in [0.3, 0.4) is 0 Å². The second kappa shape index (κ2) is 5.53. The van der Waals surface area contributed by atoms with Crippen LogP contribution in [0.1, 0.15) is 5.69 Å². The fourth-order valence-corrected chi connectivity index (χ4v) is 2.11. The number of aliphatic carboxylic acids is 1. The Morgan fingerprint density at radius 2 is 2.33 bits per heavy atom. The molecule has 2 aromatic rings. The van der Waals surface area contributed by atoms with Crippen LogP contribution >= 0.6 is 22.6 Å². The molecule has 0 radical (unpaired) electrons. The minimum Gasteiger partial charge on any atom is -0.481 e. The molecular formula is C11H10INO5. The van der Waals surface area contributed by atoms with Crippen molar-refractivity contribution in [3.05, 3.63) is 21.4 Å². The molecular weight excluding hydrogens is 353 g/mol. The minimum atomic E-state index is -0.955. The number of carboxylic acid groups (broad SMARTS) is 1. The zero-order valence-corrected chi connectivity index (χ0v) is 11.6. The molecule has 1 aromatic carbocycles. The molecule has 0 unspecified atom stereocenters. The summed E-state index contributed by atoms with van der Waals surface area (Å²) >= 11 is 2.10. The zero-order valence-electron chi connectivity index (χ0n) is 9.47. The van der Waals surface area contributed by atoms with E-state index in [2.05, 4.69) is 27.7 Å². The number of methoxy groups -OCH3 is 1. The van der Waals surface area contributed by atoms with Gasteiger partial charge in [-0.3, -0.25) is 4.79 Å². The quantitative estimate of drug-likeness (QED) is 0.647. The van der Waals surface area contributed by atoms with E-state index in [0.717, 1.165) is 3.57 Å². The summed E-state index contributed by atoms with van der Waals surface area (Å²) in [5, 5.41) is 13.2. The minimum absolute atomic E-state index is 0.0874. The smallest absolute Gasteiger partial charge is 0.309 e. The fourth-order valence-electron chi connectivity index (χ4n) is 1.53. The maximum absolute atomic E-state index is 10.7. The van der Waals surface area contributed by atoms with Crippen LogP contribution in [0.5, 0.6) is 5.75 Å². The van der Waals surface area contributed by atoms with Gasteiger partial charge in [0, 0.05) is 12.5 Å².